The molecule has 1 aromatic heterocycles. The lowest BCUT2D eigenvalue weighted by Crippen LogP contribution is -2.29. The molecule has 0 fully saturated rings. The zero-order valence-electron chi connectivity index (χ0n) is 35.0. The number of rotatable bonds is 7. The summed E-state index contributed by atoms with van der Waals surface area (Å²) in [6, 6.07) is 91.5. The van der Waals surface area contributed by atoms with Gasteiger partial charge in [-0.15, -0.1) is 0 Å². The van der Waals surface area contributed by atoms with E-state index in [1.807, 2.05) is 6.07 Å². The van der Waals surface area contributed by atoms with E-state index in [1.165, 1.54) is 66.8 Å². The van der Waals surface area contributed by atoms with E-state index in [2.05, 4.69) is 248 Å². The minimum Gasteiger partial charge on any atom is -0.456 e. The molecular formula is C62H41NO. The molecular weight excluding hydrogens is 775 g/mol. The summed E-state index contributed by atoms with van der Waals surface area (Å²) in [7, 11) is 0. The molecule has 0 spiro atoms. The summed E-state index contributed by atoms with van der Waals surface area (Å²) in [5.41, 5.74) is 19.2. The monoisotopic (exact) mass is 815 g/mol. The molecule has 2 nitrogen and oxygen atoms in total. The maximum atomic E-state index is 6.38. The van der Waals surface area contributed by atoms with Gasteiger partial charge >= 0.3 is 0 Å². The quantitative estimate of drug-likeness (QED) is 0.159. The third kappa shape index (κ3) is 5.08. The number of hydrogen-bond acceptors (Lipinski definition) is 2. The van der Waals surface area contributed by atoms with Crippen molar-refractivity contribution in [2.45, 2.75) is 10.8 Å². The van der Waals surface area contributed by atoms with Crippen LogP contribution < -0.4 is 4.90 Å². The summed E-state index contributed by atoms with van der Waals surface area (Å²) in [5, 5.41) is 2.20. The second kappa shape index (κ2) is 14.2. The van der Waals surface area contributed by atoms with Gasteiger partial charge in [-0.1, -0.05) is 200 Å². The first-order valence-corrected chi connectivity index (χ1v) is 22.2. The largest absolute Gasteiger partial charge is 0.456 e. The van der Waals surface area contributed by atoms with Gasteiger partial charge in [0.15, 0.2) is 0 Å². The molecule has 0 radical (unpaired) electrons. The van der Waals surface area contributed by atoms with Crippen molar-refractivity contribution >= 4 is 39.0 Å². The van der Waals surface area contributed by atoms with Gasteiger partial charge in [-0.3, -0.25) is 0 Å². The molecule has 0 saturated carbocycles. The highest BCUT2D eigenvalue weighted by Crippen LogP contribution is 2.59. The van der Waals surface area contributed by atoms with Crippen LogP contribution in [0.2, 0.25) is 0 Å². The topological polar surface area (TPSA) is 16.4 Å². The number of hydrogen-bond donors (Lipinski definition) is 0. The van der Waals surface area contributed by atoms with E-state index >= 15 is 0 Å². The molecule has 300 valence electrons. The van der Waals surface area contributed by atoms with Crippen molar-refractivity contribution in [1.82, 2.24) is 0 Å². The average molecular weight is 816 g/mol. The van der Waals surface area contributed by atoms with Gasteiger partial charge in [0, 0.05) is 27.8 Å². The third-order valence-corrected chi connectivity index (χ3v) is 14.0. The Morgan fingerprint density at radius 3 is 1.22 bits per heavy atom. The van der Waals surface area contributed by atoms with Crippen LogP contribution in [0.15, 0.2) is 253 Å². The molecule has 0 bridgehead atoms. The van der Waals surface area contributed by atoms with E-state index in [0.29, 0.717) is 0 Å². The summed E-state index contributed by atoms with van der Waals surface area (Å²) in [5.74, 6) is 0. The van der Waals surface area contributed by atoms with Crippen LogP contribution in [0.5, 0.6) is 0 Å². The molecule has 0 unspecified atom stereocenters. The average Bonchev–Trinajstić information content (AvgIpc) is 4.00. The highest BCUT2D eigenvalue weighted by atomic mass is 16.3. The molecule has 10 aromatic carbocycles. The number of anilines is 3. The Morgan fingerprint density at radius 1 is 0.266 bits per heavy atom. The van der Waals surface area contributed by atoms with Gasteiger partial charge in [0.25, 0.3) is 0 Å². The van der Waals surface area contributed by atoms with Gasteiger partial charge < -0.3 is 9.32 Å². The zero-order valence-corrected chi connectivity index (χ0v) is 35.0. The van der Waals surface area contributed by atoms with Crippen molar-refractivity contribution in [2.75, 3.05) is 4.90 Å². The SMILES string of the molecule is c1ccc(C2(c3ccc(N(c4ccc5c(c4)C(c4ccccc4)(c4ccccc4)c4ccccc4-5)c4ccc5oc6ccccc6c5c4)cc3)c3ccccc3-c3ccccc32)cc1. The molecule has 2 aliphatic carbocycles. The highest BCUT2D eigenvalue weighted by molar-refractivity contribution is 6.06. The normalized spacial score (nSPS) is 13.9. The van der Waals surface area contributed by atoms with E-state index in [0.717, 1.165) is 39.0 Å². The van der Waals surface area contributed by atoms with Crippen LogP contribution in [-0.2, 0) is 10.8 Å². The molecule has 0 aliphatic heterocycles. The second-order valence-corrected chi connectivity index (χ2v) is 17.1. The smallest absolute Gasteiger partial charge is 0.135 e. The van der Waals surface area contributed by atoms with Crippen LogP contribution in [0.3, 0.4) is 0 Å². The number of para-hydroxylation sites is 1. The molecule has 13 rings (SSSR count). The Hall–Kier alpha value is -8.20. The molecule has 0 atom stereocenters. The van der Waals surface area contributed by atoms with E-state index < -0.39 is 10.8 Å². The van der Waals surface area contributed by atoms with Crippen molar-refractivity contribution < 1.29 is 4.42 Å². The number of fused-ring (bicyclic) bond motifs is 9. The lowest BCUT2D eigenvalue weighted by Gasteiger charge is -2.35. The summed E-state index contributed by atoms with van der Waals surface area (Å²) >= 11 is 0. The lowest BCUT2D eigenvalue weighted by atomic mass is 9.67. The second-order valence-electron chi connectivity index (χ2n) is 17.1. The van der Waals surface area contributed by atoms with Crippen LogP contribution in [0.1, 0.15) is 44.5 Å². The van der Waals surface area contributed by atoms with Crippen LogP contribution in [0.4, 0.5) is 17.1 Å². The van der Waals surface area contributed by atoms with Gasteiger partial charge in [0.2, 0.25) is 0 Å². The van der Waals surface area contributed by atoms with Crippen molar-refractivity contribution in [3.8, 4) is 22.3 Å². The van der Waals surface area contributed by atoms with E-state index in [1.54, 1.807) is 0 Å². The van der Waals surface area contributed by atoms with Crippen LogP contribution >= 0.6 is 0 Å². The Balaban J connectivity index is 1.05. The molecule has 11 aromatic rings. The van der Waals surface area contributed by atoms with E-state index in [-0.39, 0.29) is 0 Å². The highest BCUT2D eigenvalue weighted by Gasteiger charge is 2.47. The van der Waals surface area contributed by atoms with Crippen molar-refractivity contribution in [1.29, 1.82) is 0 Å². The Bertz CT molecular complexity index is 3470. The predicted molar refractivity (Wildman–Crippen MR) is 263 cm³/mol. The summed E-state index contributed by atoms with van der Waals surface area (Å²) in [6.45, 7) is 0. The van der Waals surface area contributed by atoms with Crippen LogP contribution in [0, 0.1) is 0 Å². The van der Waals surface area contributed by atoms with Gasteiger partial charge in [-0.05, 0) is 115 Å². The van der Waals surface area contributed by atoms with Crippen LogP contribution in [0.25, 0.3) is 44.2 Å². The number of furan rings is 1. The fraction of sp³-hybridized carbons (Fsp3) is 0.0323. The zero-order chi connectivity index (χ0) is 42.2. The Kier molecular flexibility index (Phi) is 8.07. The number of benzene rings is 10. The Labute approximate surface area is 373 Å². The minimum atomic E-state index is -0.532. The fourth-order valence-corrected chi connectivity index (χ4v) is 11.4. The van der Waals surface area contributed by atoms with Gasteiger partial charge in [0.1, 0.15) is 11.2 Å². The predicted octanol–water partition coefficient (Wildman–Crippen LogP) is 15.8. The van der Waals surface area contributed by atoms with Crippen molar-refractivity contribution in [2.24, 2.45) is 0 Å². The first kappa shape index (κ1) is 36.5. The molecule has 2 aliphatic rings. The summed E-state index contributed by atoms with van der Waals surface area (Å²) < 4.78 is 6.38. The lowest BCUT2D eigenvalue weighted by molar-refractivity contribution is 0.669. The van der Waals surface area contributed by atoms with Gasteiger partial charge in [-0.2, -0.15) is 0 Å². The molecule has 2 heteroatoms. The molecule has 0 N–H and O–H groups in total. The summed E-state index contributed by atoms with van der Waals surface area (Å²) in [4.78, 5) is 2.43. The first-order valence-electron chi connectivity index (χ1n) is 22.2. The molecule has 0 amide bonds. The van der Waals surface area contributed by atoms with E-state index in [9.17, 15) is 0 Å². The maximum absolute atomic E-state index is 6.38. The summed E-state index contributed by atoms with van der Waals surface area (Å²) in [6.07, 6.45) is 0. The minimum absolute atomic E-state index is 0.489. The van der Waals surface area contributed by atoms with E-state index in [4.69, 9.17) is 4.42 Å². The van der Waals surface area contributed by atoms with Crippen LogP contribution in [-0.4, -0.2) is 0 Å². The maximum Gasteiger partial charge on any atom is 0.135 e. The standard InChI is InChI=1S/C62H41NO/c1-4-18-42(19-5-1)61(55-28-14-10-24-49(55)50-25-11-15-29-56(50)61)45-32-34-46(35-33-45)63(47-37-39-60-54(40-47)53-27-13-17-31-59(53)64-60)48-36-38-52-51-26-12-16-30-57(51)62(58(52)41-48,43-20-6-2-7-21-43)44-22-8-3-9-23-44/h1-41H. The van der Waals surface area contributed by atoms with Crippen molar-refractivity contribution in [3.05, 3.63) is 293 Å². The molecule has 0 saturated heterocycles. The third-order valence-electron chi connectivity index (χ3n) is 14.0. The van der Waals surface area contributed by atoms with Gasteiger partial charge in [-0.25, -0.2) is 0 Å². The number of nitrogens with zero attached hydrogens (tertiary/aromatic N) is 1. The Morgan fingerprint density at radius 2 is 0.656 bits per heavy atom. The fourth-order valence-electron chi connectivity index (χ4n) is 11.4. The van der Waals surface area contributed by atoms with Crippen molar-refractivity contribution in [3.63, 3.8) is 0 Å². The molecule has 1 heterocycles. The van der Waals surface area contributed by atoms with Gasteiger partial charge in [0.05, 0.1) is 10.8 Å². The molecule has 64 heavy (non-hydrogen) atoms. The first-order chi connectivity index (χ1) is 31.7.